The van der Waals surface area contributed by atoms with Crippen LogP contribution in [-0.4, -0.2) is 0 Å². The Morgan fingerprint density at radius 1 is 0.485 bits per heavy atom. The van der Waals surface area contributed by atoms with Gasteiger partial charge in [-0.15, -0.1) is 0 Å². The summed E-state index contributed by atoms with van der Waals surface area (Å²) in [5, 5.41) is 0. The largest absolute Gasteiger partial charge is 0.311 e. The Balaban J connectivity index is 1.73. The molecule has 4 aromatic carbocycles. The molecule has 0 aliphatic rings. The molecule has 0 saturated heterocycles. The average molecular weight is 424 g/mol. The predicted octanol–water partition coefficient (Wildman–Crippen LogP) is 8.60. The van der Waals surface area contributed by atoms with Crippen LogP contribution in [0.15, 0.2) is 116 Å². The maximum Gasteiger partial charge on any atom is 0.154 e. The zero-order chi connectivity index (χ0) is 22.9. The fraction of sp³-hybridized carbons (Fsp3) is 0. The molecule has 0 heterocycles. The van der Waals surface area contributed by atoms with Crippen LogP contribution in [0, 0.1) is 13.1 Å². The van der Waals surface area contributed by atoms with E-state index in [2.05, 4.69) is 75.3 Å². The highest BCUT2D eigenvalue weighted by atomic mass is 15.1. The lowest BCUT2D eigenvalue weighted by Crippen LogP contribution is -2.09. The molecule has 0 fully saturated rings. The summed E-state index contributed by atoms with van der Waals surface area (Å²) < 4.78 is 0. The van der Waals surface area contributed by atoms with Gasteiger partial charge in [-0.05, 0) is 58.7 Å². The van der Waals surface area contributed by atoms with Gasteiger partial charge in [0.25, 0.3) is 0 Å². The highest BCUT2D eigenvalue weighted by Crippen LogP contribution is 2.36. The molecule has 33 heavy (non-hydrogen) atoms. The van der Waals surface area contributed by atoms with E-state index in [4.69, 9.17) is 13.1 Å². The van der Waals surface area contributed by atoms with Crippen LogP contribution in [0.25, 0.3) is 33.0 Å². The van der Waals surface area contributed by atoms with Crippen LogP contribution in [0.1, 0.15) is 11.1 Å². The molecule has 0 N–H and O–H groups in total. The predicted molar refractivity (Wildman–Crippen MR) is 138 cm³/mol. The van der Waals surface area contributed by atoms with Crippen LogP contribution >= 0.6 is 0 Å². The Kier molecular flexibility index (Phi) is 6.76. The number of nitrogens with zero attached hydrogens (tertiary/aromatic N) is 3. The maximum absolute atomic E-state index is 6.93. The second kappa shape index (κ2) is 10.4. The summed E-state index contributed by atoms with van der Waals surface area (Å²) in [4.78, 5) is 8.76. The van der Waals surface area contributed by atoms with E-state index < -0.39 is 0 Å². The van der Waals surface area contributed by atoms with Crippen molar-refractivity contribution in [2.24, 2.45) is 0 Å². The molecule has 0 aliphatic heterocycles. The van der Waals surface area contributed by atoms with E-state index in [0.29, 0.717) is 0 Å². The van der Waals surface area contributed by atoms with Crippen molar-refractivity contribution in [1.29, 1.82) is 0 Å². The van der Waals surface area contributed by atoms with Gasteiger partial charge in [-0.1, -0.05) is 78.9 Å². The topological polar surface area (TPSA) is 12.0 Å². The van der Waals surface area contributed by atoms with E-state index in [-0.39, 0.29) is 0 Å². The summed E-state index contributed by atoms with van der Waals surface area (Å²) in [6.07, 6.45) is 6.53. The highest BCUT2D eigenvalue weighted by molar-refractivity contribution is 5.79. The molecule has 0 spiro atoms. The van der Waals surface area contributed by atoms with Gasteiger partial charge >= 0.3 is 0 Å². The zero-order valence-electron chi connectivity index (χ0n) is 18.0. The first kappa shape index (κ1) is 21.4. The third-order valence-corrected chi connectivity index (χ3v) is 5.22. The minimum Gasteiger partial charge on any atom is -0.311 e. The third kappa shape index (κ3) is 5.25. The molecule has 0 aliphatic carbocycles. The second-order valence-electron chi connectivity index (χ2n) is 7.32. The first-order valence-corrected chi connectivity index (χ1v) is 10.5. The monoisotopic (exact) mass is 423 g/mol. The number of rotatable bonds is 6. The summed E-state index contributed by atoms with van der Waals surface area (Å²) in [5.41, 5.74) is 7.39. The van der Waals surface area contributed by atoms with Gasteiger partial charge in [0.2, 0.25) is 0 Å². The Hall–Kier alpha value is -4.86. The Morgan fingerprint density at radius 3 is 1.30 bits per heavy atom. The van der Waals surface area contributed by atoms with E-state index >= 15 is 0 Å². The molecule has 4 aromatic rings. The molecule has 3 heteroatoms. The van der Waals surface area contributed by atoms with Gasteiger partial charge in [0.1, 0.15) is 0 Å². The molecule has 3 nitrogen and oxygen atoms in total. The maximum atomic E-state index is 6.93. The van der Waals surface area contributed by atoms with E-state index in [0.717, 1.165) is 28.2 Å². The van der Waals surface area contributed by atoms with Gasteiger partial charge in [-0.3, -0.25) is 0 Å². The molecule has 0 unspecified atom stereocenters. The van der Waals surface area contributed by atoms with Crippen LogP contribution in [0.2, 0.25) is 0 Å². The molecule has 0 aromatic heterocycles. The van der Waals surface area contributed by atoms with Crippen molar-refractivity contribution in [1.82, 2.24) is 0 Å². The van der Waals surface area contributed by atoms with Crippen molar-refractivity contribution in [3.8, 4) is 11.1 Å². The fourth-order valence-electron chi connectivity index (χ4n) is 3.60. The van der Waals surface area contributed by atoms with Crippen LogP contribution in [0.3, 0.4) is 0 Å². The summed E-state index contributed by atoms with van der Waals surface area (Å²) in [6.45, 7) is 13.9. The third-order valence-electron chi connectivity index (χ3n) is 5.22. The zero-order valence-corrected chi connectivity index (χ0v) is 18.0. The molecule has 156 valence electrons. The molecule has 0 saturated carbocycles. The molecule has 4 rings (SSSR count). The Morgan fingerprint density at radius 2 is 0.879 bits per heavy atom. The van der Waals surface area contributed by atoms with Gasteiger partial charge in [-0.2, -0.15) is 0 Å². The van der Waals surface area contributed by atoms with E-state index in [1.807, 2.05) is 42.5 Å². The first-order valence-electron chi connectivity index (χ1n) is 10.5. The van der Waals surface area contributed by atoms with Gasteiger partial charge in [-0.25, -0.2) is 9.69 Å². The molecule has 0 amide bonds. The second-order valence-corrected chi connectivity index (χ2v) is 7.32. The van der Waals surface area contributed by atoms with E-state index in [9.17, 15) is 0 Å². The van der Waals surface area contributed by atoms with Gasteiger partial charge in [0.15, 0.2) is 12.4 Å². The van der Waals surface area contributed by atoms with Crippen molar-refractivity contribution in [2.75, 3.05) is 4.90 Å². The summed E-state index contributed by atoms with van der Waals surface area (Å²) in [7, 11) is 0. The van der Waals surface area contributed by atoms with Crippen molar-refractivity contribution >= 4 is 29.2 Å². The van der Waals surface area contributed by atoms with Crippen molar-refractivity contribution in [3.05, 3.63) is 149 Å². The SMILES string of the molecule is [C-]#[N+]C=Cc1ccc(N(c2ccc(C=C[N+]#[C-])cc2)c2ccc(-c3ccccc3)cc2)cc1. The smallest absolute Gasteiger partial charge is 0.154 e. The van der Waals surface area contributed by atoms with Gasteiger partial charge in [0, 0.05) is 17.1 Å². The number of benzene rings is 4. The lowest BCUT2D eigenvalue weighted by atomic mass is 10.0. The lowest BCUT2D eigenvalue weighted by Gasteiger charge is -2.26. The van der Waals surface area contributed by atoms with Crippen LogP contribution in [0.5, 0.6) is 0 Å². The van der Waals surface area contributed by atoms with Gasteiger partial charge in [0.05, 0.1) is 13.1 Å². The average Bonchev–Trinajstić information content (AvgIpc) is 2.89. The minimum atomic E-state index is 0.980. The van der Waals surface area contributed by atoms with E-state index in [1.165, 1.54) is 23.5 Å². The van der Waals surface area contributed by atoms with Crippen molar-refractivity contribution in [2.45, 2.75) is 0 Å². The minimum absolute atomic E-state index is 0.980. The van der Waals surface area contributed by atoms with Crippen molar-refractivity contribution < 1.29 is 0 Å². The Bertz CT molecular complexity index is 1270. The molecular formula is C30H21N3. The standard InChI is InChI=1S/C30H21N3/c1-31-22-20-24-8-14-28(15-9-24)33(29-16-10-25(11-17-29)21-23-32-2)30-18-12-27(13-19-30)26-6-4-3-5-7-26/h3-23H. The summed E-state index contributed by atoms with van der Waals surface area (Å²) in [5.74, 6) is 0. The number of hydrogen-bond donors (Lipinski definition) is 0. The molecule has 0 bridgehead atoms. The number of hydrogen-bond acceptors (Lipinski definition) is 1. The molecular weight excluding hydrogens is 402 g/mol. The highest BCUT2D eigenvalue weighted by Gasteiger charge is 2.12. The fourth-order valence-corrected chi connectivity index (χ4v) is 3.60. The normalized spacial score (nSPS) is 10.7. The number of anilines is 3. The quantitative estimate of drug-likeness (QED) is 0.283. The van der Waals surface area contributed by atoms with Crippen LogP contribution in [0.4, 0.5) is 17.1 Å². The lowest BCUT2D eigenvalue weighted by molar-refractivity contribution is 1.28. The van der Waals surface area contributed by atoms with Crippen LogP contribution in [-0.2, 0) is 0 Å². The van der Waals surface area contributed by atoms with E-state index in [1.54, 1.807) is 12.2 Å². The first-order chi connectivity index (χ1) is 16.3. The van der Waals surface area contributed by atoms with Gasteiger partial charge < -0.3 is 4.90 Å². The summed E-state index contributed by atoms with van der Waals surface area (Å²) >= 11 is 0. The Labute approximate surface area is 194 Å². The van der Waals surface area contributed by atoms with Crippen LogP contribution < -0.4 is 4.90 Å². The summed E-state index contributed by atoms with van der Waals surface area (Å²) in [6, 6.07) is 35.1. The molecule has 0 radical (unpaired) electrons. The molecule has 0 atom stereocenters. The van der Waals surface area contributed by atoms with Crippen molar-refractivity contribution in [3.63, 3.8) is 0 Å².